The summed E-state index contributed by atoms with van der Waals surface area (Å²) < 4.78 is 1.63. The number of β-amino-alcohol motifs (C(OH)–C–C–N with tert-alkyl or cyclic N) is 1. The second-order valence-corrected chi connectivity index (χ2v) is 10.6. The van der Waals surface area contributed by atoms with Gasteiger partial charge in [0.05, 0.1) is 27.2 Å². The van der Waals surface area contributed by atoms with E-state index in [1.54, 1.807) is 32.6 Å². The van der Waals surface area contributed by atoms with E-state index in [4.69, 9.17) is 29.0 Å². The van der Waals surface area contributed by atoms with Crippen molar-refractivity contribution < 1.29 is 24.6 Å². The lowest BCUT2D eigenvalue weighted by atomic mass is 9.96. The molecule has 216 valence electrons. The number of rotatable bonds is 6. The highest BCUT2D eigenvalue weighted by molar-refractivity contribution is 6.40. The fourth-order valence-electron chi connectivity index (χ4n) is 5.04. The van der Waals surface area contributed by atoms with E-state index in [0.717, 1.165) is 5.52 Å². The van der Waals surface area contributed by atoms with Crippen LogP contribution in [0.2, 0.25) is 10.0 Å². The van der Waals surface area contributed by atoms with E-state index >= 15 is 0 Å². The number of aliphatic hydroxyl groups is 1. The number of hydrogen-bond donors (Lipinski definition) is 5. The average molecular weight is 603 g/mol. The van der Waals surface area contributed by atoms with Crippen LogP contribution in [0.4, 0.5) is 0 Å². The summed E-state index contributed by atoms with van der Waals surface area (Å²) in [6.45, 7) is 1.13. The number of halogens is 2. The molecule has 0 radical (unpaired) electrons. The summed E-state index contributed by atoms with van der Waals surface area (Å²) in [5, 5.41) is 32.9. The Morgan fingerprint density at radius 3 is 2.68 bits per heavy atom. The number of carboxylic acid groups (broad SMARTS) is 1. The van der Waals surface area contributed by atoms with Crippen molar-refractivity contribution in [3.05, 3.63) is 69.0 Å². The van der Waals surface area contributed by atoms with Gasteiger partial charge >= 0.3 is 5.97 Å². The van der Waals surface area contributed by atoms with E-state index in [9.17, 15) is 24.6 Å². The molecule has 1 aromatic carbocycles. The number of fused-ring (bicyclic) bond motifs is 2. The molecule has 2 amide bonds. The lowest BCUT2D eigenvalue weighted by molar-refractivity contribution is -0.139. The molecule has 1 fully saturated rings. The van der Waals surface area contributed by atoms with Crippen molar-refractivity contribution in [3.63, 3.8) is 0 Å². The van der Waals surface area contributed by atoms with Gasteiger partial charge in [0, 0.05) is 38.9 Å². The van der Waals surface area contributed by atoms with Crippen molar-refractivity contribution in [2.24, 2.45) is 10.9 Å². The first kappa shape index (κ1) is 28.5. The summed E-state index contributed by atoms with van der Waals surface area (Å²) >= 11 is 13.1. The molecule has 0 bridgehead atoms. The lowest BCUT2D eigenvalue weighted by Gasteiger charge is -2.30. The Morgan fingerprint density at radius 1 is 1.20 bits per heavy atom. The molecule has 41 heavy (non-hydrogen) atoms. The van der Waals surface area contributed by atoms with Gasteiger partial charge in [0.2, 0.25) is 5.96 Å². The number of amides is 2. The predicted molar refractivity (Wildman–Crippen MR) is 151 cm³/mol. The third kappa shape index (κ3) is 5.87. The van der Waals surface area contributed by atoms with Crippen LogP contribution in [-0.2, 0) is 17.8 Å². The summed E-state index contributed by atoms with van der Waals surface area (Å²) in [6.07, 6.45) is 2.12. The lowest BCUT2D eigenvalue weighted by Crippen LogP contribution is -2.51. The number of benzene rings is 1. The summed E-state index contributed by atoms with van der Waals surface area (Å²) in [5.74, 6) is 3.34. The average Bonchev–Trinajstić information content (AvgIpc) is 3.58. The molecule has 0 aliphatic carbocycles. The third-order valence-electron chi connectivity index (χ3n) is 7.16. The van der Waals surface area contributed by atoms with Gasteiger partial charge in [-0.2, -0.15) is 5.10 Å². The van der Waals surface area contributed by atoms with E-state index in [1.165, 1.54) is 0 Å². The number of hydrazone groups is 1. The number of aromatic nitrogens is 2. The zero-order chi connectivity index (χ0) is 29.3. The van der Waals surface area contributed by atoms with Gasteiger partial charge in [0.1, 0.15) is 6.04 Å². The van der Waals surface area contributed by atoms with Crippen molar-refractivity contribution in [2.45, 2.75) is 31.5 Å². The Labute approximate surface area is 244 Å². The molecule has 5 rings (SSSR count). The number of nitrogens with two attached hydrogens (primary N) is 1. The minimum absolute atomic E-state index is 0.0284. The first-order valence-corrected chi connectivity index (χ1v) is 13.6. The summed E-state index contributed by atoms with van der Waals surface area (Å²) in [4.78, 5) is 41.6. The molecule has 4 heterocycles. The number of likely N-dealkylation sites (tertiary alicyclic amines) is 1. The SMILES string of the molecule is N/N=C(\NC[C@H](NC(=O)c1c(Cl)cc2c(c1Cl)CCN(C(=O)c1cc3ccccn3n1)C2)C(=O)O)N1CC[C@H](O)C1. The van der Waals surface area contributed by atoms with Crippen LogP contribution < -0.4 is 16.5 Å². The van der Waals surface area contributed by atoms with Gasteiger partial charge in [-0.15, -0.1) is 5.10 Å². The zero-order valence-electron chi connectivity index (χ0n) is 21.8. The fourth-order valence-corrected chi connectivity index (χ4v) is 5.80. The van der Waals surface area contributed by atoms with E-state index < -0.39 is 24.0 Å². The number of hydrogen-bond acceptors (Lipinski definition) is 7. The van der Waals surface area contributed by atoms with Gasteiger partial charge in [0.15, 0.2) is 5.69 Å². The van der Waals surface area contributed by atoms with Crippen molar-refractivity contribution in [1.29, 1.82) is 0 Å². The van der Waals surface area contributed by atoms with Gasteiger partial charge in [-0.05, 0) is 48.2 Å². The number of carbonyl (C=O) groups excluding carboxylic acids is 2. The van der Waals surface area contributed by atoms with E-state index in [1.807, 2.05) is 18.2 Å². The molecule has 13 nitrogen and oxygen atoms in total. The molecular weight excluding hydrogens is 575 g/mol. The molecule has 0 unspecified atom stereocenters. The smallest absolute Gasteiger partial charge is 0.328 e. The molecule has 1 saturated heterocycles. The van der Waals surface area contributed by atoms with Crippen molar-refractivity contribution >= 4 is 52.5 Å². The van der Waals surface area contributed by atoms with Crippen LogP contribution in [0.25, 0.3) is 5.52 Å². The largest absolute Gasteiger partial charge is 0.480 e. The Kier molecular flexibility index (Phi) is 8.20. The molecule has 2 aliphatic heterocycles. The normalized spacial score (nSPS) is 17.8. The second kappa shape index (κ2) is 11.8. The number of carboxylic acids is 1. The predicted octanol–water partition coefficient (Wildman–Crippen LogP) is 0.909. The number of aliphatic carboxylic acids is 1. The topological polar surface area (TPSA) is 178 Å². The van der Waals surface area contributed by atoms with E-state index in [0.29, 0.717) is 49.3 Å². The zero-order valence-corrected chi connectivity index (χ0v) is 23.3. The number of nitrogens with zero attached hydrogens (tertiary/aromatic N) is 5. The van der Waals surface area contributed by atoms with Gasteiger partial charge in [-0.25, -0.2) is 9.31 Å². The maximum absolute atomic E-state index is 13.2. The number of carbonyl (C=O) groups is 3. The van der Waals surface area contributed by atoms with Gasteiger partial charge in [0.25, 0.3) is 11.8 Å². The van der Waals surface area contributed by atoms with Gasteiger partial charge < -0.3 is 36.5 Å². The van der Waals surface area contributed by atoms with E-state index in [2.05, 4.69) is 20.8 Å². The summed E-state index contributed by atoms with van der Waals surface area (Å²) in [5.41, 5.74) is 2.41. The Bertz CT molecular complexity index is 1510. The number of aliphatic hydroxyl groups excluding tert-OH is 1. The van der Waals surface area contributed by atoms with Crippen LogP contribution >= 0.6 is 23.2 Å². The highest BCUT2D eigenvalue weighted by Crippen LogP contribution is 2.35. The number of nitrogens with one attached hydrogen (secondary N) is 2. The van der Waals surface area contributed by atoms with E-state index in [-0.39, 0.29) is 40.6 Å². The van der Waals surface area contributed by atoms with Crippen molar-refractivity contribution in [2.75, 3.05) is 26.2 Å². The Morgan fingerprint density at radius 2 is 2.00 bits per heavy atom. The van der Waals surface area contributed by atoms with Gasteiger partial charge in [-0.1, -0.05) is 29.3 Å². The Hall–Kier alpha value is -4.07. The quantitative estimate of drug-likeness (QED) is 0.119. The van der Waals surface area contributed by atoms with Crippen LogP contribution in [0.3, 0.4) is 0 Å². The highest BCUT2D eigenvalue weighted by atomic mass is 35.5. The molecule has 2 aliphatic rings. The van der Waals surface area contributed by atoms with Gasteiger partial charge in [-0.3, -0.25) is 9.59 Å². The van der Waals surface area contributed by atoms with Crippen molar-refractivity contribution in [1.82, 2.24) is 30.0 Å². The minimum Gasteiger partial charge on any atom is -0.480 e. The standard InChI is InChI=1S/C26H28Cl2N8O5/c27-18-9-14-12-34(24(39)19-10-15-3-1-2-6-36(15)33-19)8-5-17(14)22(28)21(18)23(38)31-20(25(40)41)11-30-26(32-29)35-7-4-16(37)13-35/h1-3,6,9-10,16,20,37H,4-5,7-8,11-13,29H2,(H,30,32)(H,31,38)(H,40,41)/t16-,20-/m0/s1. The van der Waals surface area contributed by atoms with Crippen molar-refractivity contribution in [3.8, 4) is 0 Å². The molecule has 0 saturated carbocycles. The first-order valence-electron chi connectivity index (χ1n) is 12.9. The first-order chi connectivity index (χ1) is 19.7. The monoisotopic (exact) mass is 602 g/mol. The highest BCUT2D eigenvalue weighted by Gasteiger charge is 2.31. The van der Waals surface area contributed by atoms with Crippen LogP contribution in [0.5, 0.6) is 0 Å². The molecule has 0 spiro atoms. The molecule has 3 aromatic rings. The molecule has 6 N–H and O–H groups in total. The number of guanidine groups is 1. The minimum atomic E-state index is -1.37. The van der Waals surface area contributed by atoms with Crippen LogP contribution in [0.15, 0.2) is 41.6 Å². The van der Waals surface area contributed by atoms with Crippen LogP contribution in [-0.4, -0.2) is 91.7 Å². The third-order valence-corrected chi connectivity index (χ3v) is 7.88. The van der Waals surface area contributed by atoms with Crippen LogP contribution in [0, 0.1) is 0 Å². The summed E-state index contributed by atoms with van der Waals surface area (Å²) in [6, 6.07) is 7.47. The molecule has 2 atom stereocenters. The molecule has 15 heteroatoms. The molecular formula is C26H28Cl2N8O5. The maximum Gasteiger partial charge on any atom is 0.328 e. The fraction of sp³-hybridized carbons (Fsp3) is 0.346. The summed E-state index contributed by atoms with van der Waals surface area (Å²) in [7, 11) is 0. The second-order valence-electron chi connectivity index (χ2n) is 9.85. The maximum atomic E-state index is 13.2. The molecule has 2 aromatic heterocycles. The van der Waals surface area contributed by atoms with Crippen LogP contribution in [0.1, 0.15) is 38.4 Å². The number of pyridine rings is 1. The Balaban J connectivity index is 1.28.